The van der Waals surface area contributed by atoms with Gasteiger partial charge >= 0.3 is 16.5 Å². The van der Waals surface area contributed by atoms with E-state index in [4.69, 9.17) is 35.3 Å². The van der Waals surface area contributed by atoms with Crippen LogP contribution in [-0.4, -0.2) is 14.2 Å². The number of rotatable bonds is 7. The number of ether oxygens (including phenoxy) is 2. The van der Waals surface area contributed by atoms with E-state index in [1.165, 1.54) is 36.4 Å². The Bertz CT molecular complexity index is 2930. The third kappa shape index (κ3) is 6.95. The lowest BCUT2D eigenvalue weighted by atomic mass is 9.90. The first-order chi connectivity index (χ1) is 27.7. The van der Waals surface area contributed by atoms with E-state index in [2.05, 4.69) is 38.1 Å². The van der Waals surface area contributed by atoms with Crippen LogP contribution in [0.15, 0.2) is 89.6 Å². The summed E-state index contributed by atoms with van der Waals surface area (Å²) in [5.74, 6) is 1.13. The van der Waals surface area contributed by atoms with Crippen molar-refractivity contribution in [3.8, 4) is 34.1 Å². The molecule has 2 aromatic heterocycles. The van der Waals surface area contributed by atoms with Crippen LogP contribution in [0.4, 0.5) is 8.78 Å². The molecule has 8 rings (SSSR count). The fraction of sp³-hybridized carbons (Fsp3) is 0.217. The highest BCUT2D eigenvalue weighted by atomic mass is 31.1. The SMILES string of the molecule is COc1cc(C)c(Op2oc3ccc(F)cc3c3cc(F)ccc3o2)c(-c2c(C)c(OC)cc(C)c2Op2oc3c(C)cc(C)cc3c3cc(C)cc(C)c3o2)c1C. The van der Waals surface area contributed by atoms with Crippen LogP contribution in [0.2, 0.25) is 0 Å². The first-order valence-electron chi connectivity index (χ1n) is 18.6. The van der Waals surface area contributed by atoms with Gasteiger partial charge in [-0.3, -0.25) is 0 Å². The van der Waals surface area contributed by atoms with Gasteiger partial charge in [0.2, 0.25) is 0 Å². The molecule has 0 aliphatic carbocycles. The Hall–Kier alpha value is -5.82. The molecule has 8 nitrogen and oxygen atoms in total. The van der Waals surface area contributed by atoms with Gasteiger partial charge in [0.15, 0.2) is 0 Å². The average Bonchev–Trinajstić information content (AvgIpc) is 3.42. The zero-order valence-corrected chi connectivity index (χ0v) is 35.6. The first kappa shape index (κ1) is 39.0. The summed E-state index contributed by atoms with van der Waals surface area (Å²) < 4.78 is 81.1. The van der Waals surface area contributed by atoms with Crippen LogP contribution in [0.5, 0.6) is 23.0 Å². The van der Waals surface area contributed by atoms with Crippen molar-refractivity contribution in [2.45, 2.75) is 55.4 Å². The third-order valence-corrected chi connectivity index (χ3v) is 12.4. The normalized spacial score (nSPS) is 11.4. The van der Waals surface area contributed by atoms with Crippen molar-refractivity contribution in [3.05, 3.63) is 129 Å². The van der Waals surface area contributed by atoms with Gasteiger partial charge in [-0.05, 0) is 149 Å². The van der Waals surface area contributed by atoms with Crippen LogP contribution in [0.1, 0.15) is 44.5 Å². The van der Waals surface area contributed by atoms with Gasteiger partial charge in [-0.2, -0.15) is 0 Å². The summed E-state index contributed by atoms with van der Waals surface area (Å²) in [6.45, 7) is 15.9. The Kier molecular flexibility index (Phi) is 10.2. The molecule has 0 aliphatic heterocycles. The van der Waals surface area contributed by atoms with Crippen LogP contribution in [0.3, 0.4) is 0 Å². The molecular formula is C46H42F2O8P2. The number of aryl methyl sites for hydroxylation is 6. The molecule has 298 valence electrons. The van der Waals surface area contributed by atoms with Crippen LogP contribution < -0.4 is 18.5 Å². The number of benzene rings is 6. The van der Waals surface area contributed by atoms with E-state index >= 15 is 0 Å². The largest absolute Gasteiger partial charge is 0.496 e. The second-order valence-electron chi connectivity index (χ2n) is 14.6. The highest BCUT2D eigenvalue weighted by molar-refractivity contribution is 7.32. The minimum atomic E-state index is -2.25. The maximum Gasteiger partial charge on any atom is 0.453 e. The molecule has 8 aromatic rings. The van der Waals surface area contributed by atoms with E-state index < -0.39 is 28.1 Å². The fourth-order valence-corrected chi connectivity index (χ4v) is 10.1. The third-order valence-electron chi connectivity index (χ3n) is 10.4. The number of methoxy groups -OCH3 is 2. The maximum atomic E-state index is 14.6. The molecule has 58 heavy (non-hydrogen) atoms. The zero-order chi connectivity index (χ0) is 41.2. The molecule has 2 heterocycles. The second-order valence-corrected chi connectivity index (χ2v) is 16.6. The first-order valence-corrected chi connectivity index (χ1v) is 20.8. The van der Waals surface area contributed by atoms with E-state index in [0.29, 0.717) is 61.6 Å². The van der Waals surface area contributed by atoms with Crippen molar-refractivity contribution in [1.82, 2.24) is 0 Å². The standard InChI is InChI=1S/C46H42F2O8P2/c1-23-15-25(3)43-35(17-23)36-18-24(2)16-26(4)44(36)54-58(53-43)56-46-28(6)20-40(50-10)30(8)42(46)41-29(7)39(49-9)19-27(5)45(41)55-57-51-37-13-11-31(47)21-33(37)34-22-32(48)12-14-38(34)52-57/h11-22H,1-10H3. The smallest absolute Gasteiger partial charge is 0.453 e. The molecule has 6 aromatic carbocycles. The molecule has 0 unspecified atom stereocenters. The van der Waals surface area contributed by atoms with Gasteiger partial charge in [-0.1, -0.05) is 12.1 Å². The van der Waals surface area contributed by atoms with Crippen molar-refractivity contribution < 1.29 is 44.1 Å². The Balaban J connectivity index is 1.41. The van der Waals surface area contributed by atoms with E-state index in [1.54, 1.807) is 14.2 Å². The predicted molar refractivity (Wildman–Crippen MR) is 227 cm³/mol. The summed E-state index contributed by atoms with van der Waals surface area (Å²) in [6.07, 6.45) is 0. The van der Waals surface area contributed by atoms with Gasteiger partial charge in [-0.25, -0.2) is 8.78 Å². The van der Waals surface area contributed by atoms with E-state index in [-0.39, 0.29) is 11.2 Å². The van der Waals surface area contributed by atoms with Crippen LogP contribution in [0, 0.1) is 67.0 Å². The lowest BCUT2D eigenvalue weighted by molar-refractivity contribution is 0.409. The number of hydrogen-bond donors (Lipinski definition) is 0. The zero-order valence-electron chi connectivity index (χ0n) is 33.8. The van der Waals surface area contributed by atoms with Crippen LogP contribution in [0.25, 0.3) is 55.0 Å². The maximum absolute atomic E-state index is 14.6. The number of halogens is 2. The molecule has 0 saturated carbocycles. The average molecular weight is 823 g/mol. The Morgan fingerprint density at radius 2 is 0.845 bits per heavy atom. The lowest BCUT2D eigenvalue weighted by Gasteiger charge is -2.23. The Labute approximate surface area is 336 Å². The van der Waals surface area contributed by atoms with Crippen LogP contribution in [-0.2, 0) is 0 Å². The van der Waals surface area contributed by atoms with Crippen molar-refractivity contribution in [3.63, 3.8) is 0 Å². The molecular weight excluding hydrogens is 780 g/mol. The van der Waals surface area contributed by atoms with E-state index in [9.17, 15) is 8.78 Å². The molecule has 0 bridgehead atoms. The van der Waals surface area contributed by atoms with E-state index in [1.807, 2.05) is 53.7 Å². The summed E-state index contributed by atoms with van der Waals surface area (Å²) in [5.41, 5.74) is 10.3. The van der Waals surface area contributed by atoms with Crippen molar-refractivity contribution in [2.24, 2.45) is 0 Å². The summed E-state index contributed by atoms with van der Waals surface area (Å²) in [4.78, 5) is 0. The molecule has 0 radical (unpaired) electrons. The van der Waals surface area contributed by atoms with Crippen molar-refractivity contribution >= 4 is 60.4 Å². The summed E-state index contributed by atoms with van der Waals surface area (Å²) in [5, 5.41) is 2.55. The quantitative estimate of drug-likeness (QED) is 0.157. The van der Waals surface area contributed by atoms with Gasteiger partial charge in [0.05, 0.1) is 14.2 Å². The summed E-state index contributed by atoms with van der Waals surface area (Å²) in [7, 11) is -1.11. The highest BCUT2D eigenvalue weighted by Gasteiger charge is 2.28. The van der Waals surface area contributed by atoms with Gasteiger partial charge in [0, 0.05) is 43.8 Å². The Morgan fingerprint density at radius 1 is 0.448 bits per heavy atom. The molecule has 0 spiro atoms. The molecule has 0 N–H and O–H groups in total. The molecule has 0 aliphatic rings. The van der Waals surface area contributed by atoms with E-state index in [0.717, 1.165) is 49.7 Å². The number of fused-ring (bicyclic) bond motifs is 6. The monoisotopic (exact) mass is 822 g/mol. The van der Waals surface area contributed by atoms with Crippen LogP contribution >= 0.6 is 16.5 Å². The molecule has 0 atom stereocenters. The number of hydrogen-bond acceptors (Lipinski definition) is 8. The topological polar surface area (TPSA) is 89.5 Å². The van der Waals surface area contributed by atoms with Gasteiger partial charge in [0.25, 0.3) is 0 Å². The van der Waals surface area contributed by atoms with Crippen molar-refractivity contribution in [2.75, 3.05) is 14.2 Å². The lowest BCUT2D eigenvalue weighted by Crippen LogP contribution is -2.02. The summed E-state index contributed by atoms with van der Waals surface area (Å²) in [6, 6.07) is 20.3. The molecule has 0 fully saturated rings. The molecule has 0 amide bonds. The Morgan fingerprint density at radius 3 is 1.24 bits per heavy atom. The predicted octanol–water partition coefficient (Wildman–Crippen LogP) is 15.0. The highest BCUT2D eigenvalue weighted by Crippen LogP contribution is 2.53. The van der Waals surface area contributed by atoms with Gasteiger partial charge in [0.1, 0.15) is 57.0 Å². The molecule has 12 heteroatoms. The van der Waals surface area contributed by atoms with Gasteiger partial charge in [-0.15, -0.1) is 0 Å². The molecule has 0 saturated heterocycles. The minimum Gasteiger partial charge on any atom is -0.496 e. The fourth-order valence-electron chi connectivity index (χ4n) is 7.69. The van der Waals surface area contributed by atoms with Crippen molar-refractivity contribution in [1.29, 1.82) is 0 Å². The minimum absolute atomic E-state index is 0.278. The summed E-state index contributed by atoms with van der Waals surface area (Å²) >= 11 is 0. The van der Waals surface area contributed by atoms with Gasteiger partial charge < -0.3 is 35.3 Å². The second kappa shape index (κ2) is 15.2.